The Hall–Kier alpha value is -3.03. The minimum atomic E-state index is -1.10. The van der Waals surface area contributed by atoms with Crippen molar-refractivity contribution in [2.75, 3.05) is 0 Å². The highest BCUT2D eigenvalue weighted by Gasteiger charge is 2.11. The maximum absolute atomic E-state index is 12.0. The largest absolute Gasteiger partial charge is 0.478 e. The number of aromatic amines is 1. The van der Waals surface area contributed by atoms with E-state index in [1.165, 1.54) is 18.6 Å². The molecule has 8 nitrogen and oxygen atoms in total. The van der Waals surface area contributed by atoms with Gasteiger partial charge in [-0.05, 0) is 12.1 Å². The van der Waals surface area contributed by atoms with Crippen LogP contribution in [0.15, 0.2) is 30.7 Å². The highest BCUT2D eigenvalue weighted by atomic mass is 16.4. The fourth-order valence-corrected chi connectivity index (χ4v) is 1.47. The number of aliphatic carboxylic acids is 1. The fraction of sp³-hybridized carbons (Fsp3) is 0.0833. The van der Waals surface area contributed by atoms with E-state index in [1.54, 1.807) is 12.1 Å². The summed E-state index contributed by atoms with van der Waals surface area (Å²) >= 11 is 0. The smallest absolute Gasteiger partial charge is 0.328 e. The molecule has 3 N–H and O–H groups in total. The van der Waals surface area contributed by atoms with Crippen LogP contribution in [0.2, 0.25) is 0 Å². The summed E-state index contributed by atoms with van der Waals surface area (Å²) in [6.07, 6.45) is 5.06. The van der Waals surface area contributed by atoms with Crippen molar-refractivity contribution in [3.05, 3.63) is 47.8 Å². The molecule has 0 aliphatic carbocycles. The molecular weight excluding hydrogens is 262 g/mol. The molecule has 0 aliphatic heterocycles. The van der Waals surface area contributed by atoms with Gasteiger partial charge in [0, 0.05) is 17.8 Å². The molecule has 0 saturated heterocycles. The van der Waals surface area contributed by atoms with Crippen molar-refractivity contribution in [3.63, 3.8) is 0 Å². The maximum Gasteiger partial charge on any atom is 0.328 e. The third-order valence-electron chi connectivity index (χ3n) is 2.34. The van der Waals surface area contributed by atoms with Crippen molar-refractivity contribution in [1.29, 1.82) is 0 Å². The first-order valence-corrected chi connectivity index (χ1v) is 5.65. The van der Waals surface area contributed by atoms with Gasteiger partial charge in [-0.1, -0.05) is 6.07 Å². The summed E-state index contributed by atoms with van der Waals surface area (Å²) in [5.74, 6) is -1.01. The third-order valence-corrected chi connectivity index (χ3v) is 2.34. The van der Waals surface area contributed by atoms with Gasteiger partial charge in [0.05, 0.1) is 6.54 Å². The van der Waals surface area contributed by atoms with E-state index >= 15 is 0 Å². The van der Waals surface area contributed by atoms with Crippen LogP contribution in [0.4, 0.5) is 0 Å². The van der Waals surface area contributed by atoms with Crippen LogP contribution in [0.25, 0.3) is 6.08 Å². The van der Waals surface area contributed by atoms with E-state index in [0.29, 0.717) is 11.4 Å². The lowest BCUT2D eigenvalue weighted by Gasteiger charge is -2.05. The Labute approximate surface area is 113 Å². The van der Waals surface area contributed by atoms with Crippen LogP contribution < -0.4 is 5.32 Å². The number of carboxylic acid groups (broad SMARTS) is 1. The molecule has 0 aromatic carbocycles. The van der Waals surface area contributed by atoms with E-state index < -0.39 is 11.9 Å². The number of nitrogens with one attached hydrogen (secondary N) is 2. The average Bonchev–Trinajstić information content (AvgIpc) is 2.96. The number of amides is 1. The monoisotopic (exact) mass is 273 g/mol. The summed E-state index contributed by atoms with van der Waals surface area (Å²) in [7, 11) is 0. The molecule has 0 saturated carbocycles. The summed E-state index contributed by atoms with van der Waals surface area (Å²) in [4.78, 5) is 30.3. The lowest BCUT2D eigenvalue weighted by atomic mass is 10.1. The second kappa shape index (κ2) is 6.23. The van der Waals surface area contributed by atoms with Crippen molar-refractivity contribution >= 4 is 18.0 Å². The molecule has 0 aliphatic rings. The Morgan fingerprint density at radius 3 is 2.95 bits per heavy atom. The normalized spacial score (nSPS) is 10.6. The van der Waals surface area contributed by atoms with Crippen LogP contribution in [0.1, 0.15) is 21.9 Å². The van der Waals surface area contributed by atoms with Crippen LogP contribution in [0, 0.1) is 0 Å². The van der Waals surface area contributed by atoms with Crippen LogP contribution in [0.5, 0.6) is 0 Å². The number of carbonyl (C=O) groups is 2. The Morgan fingerprint density at radius 2 is 2.25 bits per heavy atom. The molecule has 20 heavy (non-hydrogen) atoms. The number of hydrogen-bond acceptors (Lipinski definition) is 5. The van der Waals surface area contributed by atoms with E-state index in [0.717, 1.165) is 6.08 Å². The Kier molecular flexibility index (Phi) is 4.17. The summed E-state index contributed by atoms with van der Waals surface area (Å²) in [6, 6.07) is 3.23. The molecule has 2 aromatic rings. The van der Waals surface area contributed by atoms with Gasteiger partial charge in [0.1, 0.15) is 17.8 Å². The van der Waals surface area contributed by atoms with Gasteiger partial charge in [-0.3, -0.25) is 14.9 Å². The third kappa shape index (κ3) is 3.48. The molecule has 0 spiro atoms. The maximum atomic E-state index is 12.0. The lowest BCUT2D eigenvalue weighted by molar-refractivity contribution is -0.131. The van der Waals surface area contributed by atoms with E-state index in [-0.39, 0.29) is 12.2 Å². The number of carboxylic acids is 1. The second-order valence-electron chi connectivity index (χ2n) is 3.73. The van der Waals surface area contributed by atoms with Crippen LogP contribution in [0.3, 0.4) is 0 Å². The molecule has 0 unspecified atom stereocenters. The molecule has 8 heteroatoms. The standard InChI is InChI=1S/C12H11N5O3/c18-10(19)4-3-8-2-1-5-13-11(8)12(20)14-6-9-15-7-16-17-9/h1-5,7H,6H2,(H,14,20)(H,18,19)(H,15,16,17)/b4-3+. The molecule has 2 rings (SSSR count). The van der Waals surface area contributed by atoms with Crippen molar-refractivity contribution in [3.8, 4) is 0 Å². The second-order valence-corrected chi connectivity index (χ2v) is 3.73. The minimum Gasteiger partial charge on any atom is -0.478 e. The SMILES string of the molecule is O=C(O)/C=C/c1cccnc1C(=O)NCc1ncn[nH]1. The van der Waals surface area contributed by atoms with Gasteiger partial charge in [-0.2, -0.15) is 5.10 Å². The van der Waals surface area contributed by atoms with Gasteiger partial charge in [0.25, 0.3) is 5.91 Å². The predicted octanol–water partition coefficient (Wildman–Crippen LogP) is 0.227. The molecule has 0 radical (unpaired) electrons. The Bertz CT molecular complexity index is 636. The zero-order valence-electron chi connectivity index (χ0n) is 10.3. The molecule has 102 valence electrons. The zero-order chi connectivity index (χ0) is 14.4. The van der Waals surface area contributed by atoms with Gasteiger partial charge >= 0.3 is 5.97 Å². The number of nitrogens with zero attached hydrogens (tertiary/aromatic N) is 3. The molecule has 2 aromatic heterocycles. The van der Waals surface area contributed by atoms with Gasteiger partial charge < -0.3 is 10.4 Å². The number of carbonyl (C=O) groups excluding carboxylic acids is 1. The van der Waals surface area contributed by atoms with E-state index in [1.807, 2.05) is 0 Å². The number of hydrogen-bond donors (Lipinski definition) is 3. The van der Waals surface area contributed by atoms with Crippen molar-refractivity contribution < 1.29 is 14.7 Å². The summed E-state index contributed by atoms with van der Waals surface area (Å²) in [5, 5.41) is 17.5. The summed E-state index contributed by atoms with van der Waals surface area (Å²) in [6.45, 7) is 0.178. The fourth-order valence-electron chi connectivity index (χ4n) is 1.47. The highest BCUT2D eigenvalue weighted by molar-refractivity contribution is 5.97. The summed E-state index contributed by atoms with van der Waals surface area (Å²) in [5.41, 5.74) is 0.564. The van der Waals surface area contributed by atoms with E-state index in [9.17, 15) is 9.59 Å². The van der Waals surface area contributed by atoms with Gasteiger partial charge in [-0.15, -0.1) is 0 Å². The van der Waals surface area contributed by atoms with Gasteiger partial charge in [0.2, 0.25) is 0 Å². The van der Waals surface area contributed by atoms with Crippen LogP contribution in [-0.4, -0.2) is 37.1 Å². The number of H-pyrrole nitrogens is 1. The Morgan fingerprint density at radius 1 is 1.40 bits per heavy atom. The topological polar surface area (TPSA) is 121 Å². The number of pyridine rings is 1. The van der Waals surface area contributed by atoms with Crippen molar-refractivity contribution in [2.24, 2.45) is 0 Å². The molecule has 2 heterocycles. The first-order valence-electron chi connectivity index (χ1n) is 5.65. The lowest BCUT2D eigenvalue weighted by Crippen LogP contribution is -2.25. The molecule has 0 bridgehead atoms. The molecule has 0 atom stereocenters. The van der Waals surface area contributed by atoms with Gasteiger partial charge in [-0.25, -0.2) is 9.78 Å². The molecular formula is C12H11N5O3. The summed E-state index contributed by atoms with van der Waals surface area (Å²) < 4.78 is 0. The molecule has 1 amide bonds. The van der Waals surface area contributed by atoms with E-state index in [2.05, 4.69) is 25.5 Å². The number of aromatic nitrogens is 4. The number of rotatable bonds is 5. The highest BCUT2D eigenvalue weighted by Crippen LogP contribution is 2.07. The zero-order valence-corrected chi connectivity index (χ0v) is 10.3. The van der Waals surface area contributed by atoms with Gasteiger partial charge in [0.15, 0.2) is 0 Å². The molecule has 0 fully saturated rings. The van der Waals surface area contributed by atoms with Crippen LogP contribution in [-0.2, 0) is 11.3 Å². The average molecular weight is 273 g/mol. The van der Waals surface area contributed by atoms with E-state index in [4.69, 9.17) is 5.11 Å². The van der Waals surface area contributed by atoms with Crippen molar-refractivity contribution in [2.45, 2.75) is 6.54 Å². The van der Waals surface area contributed by atoms with Crippen LogP contribution >= 0.6 is 0 Å². The quantitative estimate of drug-likeness (QED) is 0.670. The first-order chi connectivity index (χ1) is 9.66. The first kappa shape index (κ1) is 13.4. The van der Waals surface area contributed by atoms with Crippen molar-refractivity contribution in [1.82, 2.24) is 25.5 Å². The predicted molar refractivity (Wildman–Crippen MR) is 68.5 cm³/mol. The Balaban J connectivity index is 2.11. The minimum absolute atomic E-state index is 0.143.